The van der Waals surface area contributed by atoms with Crippen molar-refractivity contribution in [1.29, 1.82) is 0 Å². The van der Waals surface area contributed by atoms with E-state index in [1.807, 2.05) is 0 Å². The van der Waals surface area contributed by atoms with Crippen molar-refractivity contribution in [2.75, 3.05) is 32.6 Å². The van der Waals surface area contributed by atoms with Gasteiger partial charge < -0.3 is 15.8 Å². The van der Waals surface area contributed by atoms with Gasteiger partial charge in [-0.1, -0.05) is 0 Å². The van der Waals surface area contributed by atoms with E-state index in [0.717, 1.165) is 0 Å². The van der Waals surface area contributed by atoms with Crippen LogP contribution in [0.4, 0.5) is 11.4 Å². The van der Waals surface area contributed by atoms with Crippen molar-refractivity contribution in [1.82, 2.24) is 0 Å². The Labute approximate surface area is 105 Å². The monoisotopic (exact) mass is 252 g/mol. The fourth-order valence-corrected chi connectivity index (χ4v) is 1.42. The first-order valence-electron chi connectivity index (χ1n) is 5.35. The van der Waals surface area contributed by atoms with Crippen LogP contribution in [0.25, 0.3) is 0 Å². The average Bonchev–Trinajstić information content (AvgIpc) is 2.38. The quantitative estimate of drug-likeness (QED) is 0.258. The minimum absolute atomic E-state index is 0.0195. The average molecular weight is 252 g/mol. The van der Waals surface area contributed by atoms with E-state index in [1.165, 1.54) is 12.1 Å². The van der Waals surface area contributed by atoms with Crippen molar-refractivity contribution in [3.05, 3.63) is 33.9 Å². The van der Waals surface area contributed by atoms with E-state index >= 15 is 0 Å². The van der Waals surface area contributed by atoms with Gasteiger partial charge in [0.2, 0.25) is 0 Å². The molecule has 3 N–H and O–H groups in total. The van der Waals surface area contributed by atoms with Gasteiger partial charge in [0.1, 0.15) is 5.84 Å². The minimum atomic E-state index is -0.467. The summed E-state index contributed by atoms with van der Waals surface area (Å²) in [5, 5.41) is 13.6. The lowest BCUT2D eigenvalue weighted by Crippen LogP contribution is -2.17. The summed E-state index contributed by atoms with van der Waals surface area (Å²) in [5.41, 5.74) is 7.00. The fourth-order valence-electron chi connectivity index (χ4n) is 1.42. The number of nitrogens with one attached hydrogen (secondary N) is 1. The number of ether oxygens (including phenoxy) is 1. The summed E-state index contributed by atoms with van der Waals surface area (Å²) in [6.45, 7) is 0.860. The van der Waals surface area contributed by atoms with Crippen molar-refractivity contribution in [2.24, 2.45) is 10.7 Å². The van der Waals surface area contributed by atoms with Crippen LogP contribution in [0.15, 0.2) is 23.2 Å². The highest BCUT2D eigenvalue weighted by molar-refractivity contribution is 6.03. The molecule has 0 aromatic heterocycles. The predicted molar refractivity (Wildman–Crippen MR) is 70.1 cm³/mol. The van der Waals surface area contributed by atoms with Gasteiger partial charge in [-0.05, 0) is 6.07 Å². The molecule has 0 unspecified atom stereocenters. The van der Waals surface area contributed by atoms with Crippen LogP contribution in [0.2, 0.25) is 0 Å². The van der Waals surface area contributed by atoms with Gasteiger partial charge >= 0.3 is 0 Å². The van der Waals surface area contributed by atoms with Crippen molar-refractivity contribution < 1.29 is 9.66 Å². The van der Waals surface area contributed by atoms with Gasteiger partial charge in [-0.25, -0.2) is 0 Å². The molecular formula is C11H16N4O3. The Morgan fingerprint density at radius 3 is 2.89 bits per heavy atom. The highest BCUT2D eigenvalue weighted by Crippen LogP contribution is 2.21. The molecular weight excluding hydrogens is 236 g/mol. The van der Waals surface area contributed by atoms with Crippen molar-refractivity contribution >= 4 is 17.2 Å². The lowest BCUT2D eigenvalue weighted by atomic mass is 10.1. The molecule has 7 heteroatoms. The molecule has 1 rings (SSSR count). The molecule has 0 amide bonds. The summed E-state index contributed by atoms with van der Waals surface area (Å²) in [7, 11) is 3.28. The predicted octanol–water partition coefficient (Wildman–Crippen LogP) is 0.988. The summed E-state index contributed by atoms with van der Waals surface area (Å²) >= 11 is 0. The molecule has 1 aromatic rings. The van der Waals surface area contributed by atoms with E-state index in [0.29, 0.717) is 24.4 Å². The second kappa shape index (κ2) is 6.55. The molecule has 0 aliphatic rings. The lowest BCUT2D eigenvalue weighted by molar-refractivity contribution is -0.384. The third kappa shape index (κ3) is 3.42. The maximum atomic E-state index is 10.7. The van der Waals surface area contributed by atoms with E-state index in [2.05, 4.69) is 10.3 Å². The standard InChI is InChI=1S/C11H16N4O3/c1-13-10-4-3-8(15(16)17)7-9(10)11(12)14-5-6-18-2/h3-4,7,13H,5-6H2,1-2H3,(H2,12,14). The lowest BCUT2D eigenvalue weighted by Gasteiger charge is -2.08. The highest BCUT2D eigenvalue weighted by Gasteiger charge is 2.12. The van der Waals surface area contributed by atoms with Crippen LogP contribution in [0.3, 0.4) is 0 Å². The molecule has 7 nitrogen and oxygen atoms in total. The Balaban J connectivity index is 3.07. The van der Waals surface area contributed by atoms with Crippen LogP contribution < -0.4 is 11.1 Å². The van der Waals surface area contributed by atoms with Crippen LogP contribution in [0.5, 0.6) is 0 Å². The number of amidine groups is 1. The Hall–Kier alpha value is -2.15. The van der Waals surface area contributed by atoms with Gasteiger partial charge in [0, 0.05) is 37.5 Å². The summed E-state index contributed by atoms with van der Waals surface area (Å²) in [6, 6.07) is 4.42. The number of aliphatic imine (C=N–C) groups is 1. The van der Waals surface area contributed by atoms with Gasteiger partial charge in [-0.15, -0.1) is 0 Å². The maximum Gasteiger partial charge on any atom is 0.270 e. The molecule has 0 aliphatic heterocycles. The van der Waals surface area contributed by atoms with Gasteiger partial charge in [-0.3, -0.25) is 15.1 Å². The Bertz CT molecular complexity index is 460. The second-order valence-electron chi connectivity index (χ2n) is 3.50. The molecule has 0 heterocycles. The number of non-ortho nitro benzene ring substituents is 1. The SMILES string of the molecule is CNc1ccc([N+](=O)[O-])cc1C(N)=NCCOC. The molecule has 98 valence electrons. The van der Waals surface area contributed by atoms with Gasteiger partial charge in [0.25, 0.3) is 5.69 Å². The topological polar surface area (TPSA) is 103 Å². The highest BCUT2D eigenvalue weighted by atomic mass is 16.6. The van der Waals surface area contributed by atoms with E-state index in [4.69, 9.17) is 10.5 Å². The zero-order valence-electron chi connectivity index (χ0n) is 10.3. The molecule has 1 aromatic carbocycles. The number of hydrogen-bond donors (Lipinski definition) is 2. The largest absolute Gasteiger partial charge is 0.388 e. The number of nitrogens with zero attached hydrogens (tertiary/aromatic N) is 2. The van der Waals surface area contributed by atoms with Crippen molar-refractivity contribution in [3.63, 3.8) is 0 Å². The van der Waals surface area contributed by atoms with Gasteiger partial charge in [0.05, 0.1) is 18.1 Å². The molecule has 0 radical (unpaired) electrons. The third-order valence-electron chi connectivity index (χ3n) is 2.34. The molecule has 0 aliphatic carbocycles. The van der Waals surface area contributed by atoms with Crippen LogP contribution in [0.1, 0.15) is 5.56 Å². The van der Waals surface area contributed by atoms with Crippen molar-refractivity contribution in [2.45, 2.75) is 0 Å². The molecule has 18 heavy (non-hydrogen) atoms. The summed E-state index contributed by atoms with van der Waals surface area (Å²) in [4.78, 5) is 14.4. The van der Waals surface area contributed by atoms with Gasteiger partial charge in [0.15, 0.2) is 0 Å². The molecule has 0 saturated carbocycles. The van der Waals surface area contributed by atoms with Crippen LogP contribution in [-0.4, -0.2) is 38.1 Å². The zero-order valence-corrected chi connectivity index (χ0v) is 10.3. The number of methoxy groups -OCH3 is 1. The molecule has 0 bridgehead atoms. The van der Waals surface area contributed by atoms with E-state index in [9.17, 15) is 10.1 Å². The zero-order chi connectivity index (χ0) is 13.5. The minimum Gasteiger partial charge on any atom is -0.388 e. The van der Waals surface area contributed by atoms with E-state index in [-0.39, 0.29) is 11.5 Å². The summed E-state index contributed by atoms with van der Waals surface area (Å²) in [6.07, 6.45) is 0. The van der Waals surface area contributed by atoms with Crippen LogP contribution in [-0.2, 0) is 4.74 Å². The van der Waals surface area contributed by atoms with E-state index < -0.39 is 4.92 Å². The number of nitrogens with two attached hydrogens (primary N) is 1. The molecule has 0 fully saturated rings. The number of benzene rings is 1. The molecule has 0 spiro atoms. The Morgan fingerprint density at radius 2 is 2.33 bits per heavy atom. The van der Waals surface area contributed by atoms with E-state index in [1.54, 1.807) is 20.2 Å². The molecule has 0 saturated heterocycles. The fraction of sp³-hybridized carbons (Fsp3) is 0.364. The first-order chi connectivity index (χ1) is 8.60. The number of nitro benzene ring substituents is 1. The number of rotatable bonds is 6. The number of hydrogen-bond acceptors (Lipinski definition) is 5. The maximum absolute atomic E-state index is 10.7. The van der Waals surface area contributed by atoms with Crippen LogP contribution >= 0.6 is 0 Å². The summed E-state index contributed by atoms with van der Waals surface area (Å²) < 4.78 is 4.86. The molecule has 0 atom stereocenters. The van der Waals surface area contributed by atoms with Gasteiger partial charge in [-0.2, -0.15) is 0 Å². The first kappa shape index (κ1) is 13.9. The second-order valence-corrected chi connectivity index (χ2v) is 3.50. The number of nitro groups is 1. The third-order valence-corrected chi connectivity index (χ3v) is 2.34. The van der Waals surface area contributed by atoms with Crippen molar-refractivity contribution in [3.8, 4) is 0 Å². The summed E-state index contributed by atoms with van der Waals surface area (Å²) in [5.74, 6) is 0.250. The number of anilines is 1. The van der Waals surface area contributed by atoms with Crippen LogP contribution in [0, 0.1) is 10.1 Å². The Kier molecular flexibility index (Phi) is 5.06. The Morgan fingerprint density at radius 1 is 1.61 bits per heavy atom. The normalized spacial score (nSPS) is 11.3. The smallest absolute Gasteiger partial charge is 0.270 e. The first-order valence-corrected chi connectivity index (χ1v) is 5.35.